The fourth-order valence-corrected chi connectivity index (χ4v) is 3.79. The quantitative estimate of drug-likeness (QED) is 0.584. The lowest BCUT2D eigenvalue weighted by atomic mass is 10.0. The summed E-state index contributed by atoms with van der Waals surface area (Å²) in [7, 11) is -3.22. The van der Waals surface area contributed by atoms with Gasteiger partial charge in [0, 0.05) is 23.7 Å². The molecule has 0 radical (unpaired) electrons. The Morgan fingerprint density at radius 3 is 2.87 bits per heavy atom. The zero-order chi connectivity index (χ0) is 16.6. The molecule has 2 aromatic heterocycles. The Hall–Kier alpha value is -1.16. The highest BCUT2D eigenvalue weighted by atomic mass is 127. The van der Waals surface area contributed by atoms with Gasteiger partial charge in [-0.15, -0.1) is 0 Å². The largest absolute Gasteiger partial charge is 0.334 e. The van der Waals surface area contributed by atoms with E-state index in [0.717, 1.165) is 37.7 Å². The summed E-state index contributed by atoms with van der Waals surface area (Å²) in [5.41, 5.74) is 3.65. The molecule has 2 N–H and O–H groups in total. The van der Waals surface area contributed by atoms with Crippen LogP contribution in [0.5, 0.6) is 0 Å². The van der Waals surface area contributed by atoms with Crippen molar-refractivity contribution in [3.8, 4) is 11.1 Å². The van der Waals surface area contributed by atoms with Gasteiger partial charge in [-0.05, 0) is 45.9 Å². The molecule has 23 heavy (non-hydrogen) atoms. The average molecular weight is 462 g/mol. The zero-order valence-electron chi connectivity index (χ0n) is 12.1. The molecule has 8 heteroatoms. The van der Waals surface area contributed by atoms with Gasteiger partial charge in [-0.3, -0.25) is 0 Å². The number of pyridine rings is 1. The first-order valence-electron chi connectivity index (χ1n) is 6.70. The predicted molar refractivity (Wildman–Crippen MR) is 101 cm³/mol. The van der Waals surface area contributed by atoms with Gasteiger partial charge in [0.15, 0.2) is 0 Å². The van der Waals surface area contributed by atoms with Crippen molar-refractivity contribution in [3.05, 3.63) is 50.8 Å². The van der Waals surface area contributed by atoms with E-state index in [4.69, 9.17) is 11.6 Å². The number of aromatic nitrogens is 2. The Labute approximate surface area is 152 Å². The van der Waals surface area contributed by atoms with E-state index in [0.29, 0.717) is 5.02 Å². The van der Waals surface area contributed by atoms with Crippen LogP contribution in [0.15, 0.2) is 36.5 Å². The van der Waals surface area contributed by atoms with Crippen LogP contribution in [0, 0.1) is 3.70 Å². The Morgan fingerprint density at radius 1 is 1.35 bits per heavy atom. The van der Waals surface area contributed by atoms with Gasteiger partial charge >= 0.3 is 0 Å². The molecule has 0 fully saturated rings. The van der Waals surface area contributed by atoms with Crippen LogP contribution >= 0.6 is 34.2 Å². The second-order valence-electron chi connectivity index (χ2n) is 5.16. The van der Waals surface area contributed by atoms with Crippen LogP contribution in [-0.2, 0) is 16.6 Å². The molecule has 0 saturated carbocycles. The molecule has 0 spiro atoms. The van der Waals surface area contributed by atoms with Crippen LogP contribution in [0.4, 0.5) is 0 Å². The van der Waals surface area contributed by atoms with E-state index in [2.05, 4.69) is 37.3 Å². The van der Waals surface area contributed by atoms with Crippen LogP contribution in [0.1, 0.15) is 5.56 Å². The summed E-state index contributed by atoms with van der Waals surface area (Å²) in [5, 5.41) is 1.51. The number of hydrogen-bond donors (Lipinski definition) is 2. The minimum Gasteiger partial charge on any atom is -0.334 e. The smallest absolute Gasteiger partial charge is 0.209 e. The van der Waals surface area contributed by atoms with E-state index in [1.807, 2.05) is 30.3 Å². The molecule has 0 aliphatic rings. The van der Waals surface area contributed by atoms with Crippen LogP contribution < -0.4 is 4.72 Å². The fraction of sp³-hybridized carbons (Fsp3) is 0.133. The summed E-state index contributed by atoms with van der Waals surface area (Å²) in [6.07, 6.45) is 2.75. The Kier molecular flexibility index (Phi) is 4.63. The van der Waals surface area contributed by atoms with Crippen molar-refractivity contribution in [2.75, 3.05) is 6.26 Å². The number of benzene rings is 1. The first kappa shape index (κ1) is 16.7. The van der Waals surface area contributed by atoms with Gasteiger partial charge in [0.05, 0.1) is 15.0 Å². The zero-order valence-corrected chi connectivity index (χ0v) is 15.8. The molecule has 0 amide bonds. The van der Waals surface area contributed by atoms with Crippen molar-refractivity contribution in [1.82, 2.24) is 14.7 Å². The highest BCUT2D eigenvalue weighted by molar-refractivity contribution is 14.1. The van der Waals surface area contributed by atoms with Gasteiger partial charge in [-0.1, -0.05) is 29.8 Å². The van der Waals surface area contributed by atoms with Crippen LogP contribution in [0.25, 0.3) is 22.2 Å². The van der Waals surface area contributed by atoms with Gasteiger partial charge < -0.3 is 4.98 Å². The molecule has 0 saturated heterocycles. The number of nitrogens with one attached hydrogen (secondary N) is 2. The number of H-pyrrole nitrogens is 1. The van der Waals surface area contributed by atoms with Crippen LogP contribution in [0.2, 0.25) is 5.02 Å². The molecule has 0 atom stereocenters. The molecule has 5 nitrogen and oxygen atoms in total. The minimum atomic E-state index is -3.22. The van der Waals surface area contributed by atoms with E-state index in [1.54, 1.807) is 6.20 Å². The van der Waals surface area contributed by atoms with Gasteiger partial charge in [-0.25, -0.2) is 18.1 Å². The maximum absolute atomic E-state index is 11.2. The number of aromatic amines is 1. The van der Waals surface area contributed by atoms with E-state index >= 15 is 0 Å². The third-order valence-corrected chi connectivity index (χ3v) is 5.01. The highest BCUT2D eigenvalue weighted by Gasteiger charge is 2.13. The lowest BCUT2D eigenvalue weighted by molar-refractivity contribution is 0.587. The summed E-state index contributed by atoms with van der Waals surface area (Å²) >= 11 is 8.29. The second kappa shape index (κ2) is 6.39. The van der Waals surface area contributed by atoms with Crippen LogP contribution in [0.3, 0.4) is 0 Å². The summed E-state index contributed by atoms with van der Waals surface area (Å²) in [6, 6.07) is 9.61. The topological polar surface area (TPSA) is 74.8 Å². The Bertz CT molecular complexity index is 986. The molecule has 120 valence electrons. The Morgan fingerprint density at radius 2 is 2.13 bits per heavy atom. The first-order chi connectivity index (χ1) is 10.8. The van der Waals surface area contributed by atoms with Crippen molar-refractivity contribution in [2.45, 2.75) is 6.54 Å². The van der Waals surface area contributed by atoms with Gasteiger partial charge in [0.25, 0.3) is 0 Å². The number of rotatable bonds is 4. The van der Waals surface area contributed by atoms with E-state index in [9.17, 15) is 8.42 Å². The lowest BCUT2D eigenvalue weighted by Crippen LogP contribution is -2.21. The normalized spacial score (nSPS) is 12.0. The first-order valence-corrected chi connectivity index (χ1v) is 10.0. The highest BCUT2D eigenvalue weighted by Crippen LogP contribution is 2.34. The number of hydrogen-bond acceptors (Lipinski definition) is 3. The second-order valence-corrected chi connectivity index (χ2v) is 8.51. The van der Waals surface area contributed by atoms with Crippen molar-refractivity contribution in [1.29, 1.82) is 0 Å². The fourth-order valence-electron chi connectivity index (χ4n) is 2.35. The third-order valence-electron chi connectivity index (χ3n) is 3.33. The monoisotopic (exact) mass is 461 g/mol. The standard InChI is InChI=1S/C15H13ClIN3O2S/c1-23(21,22)19-7-9-3-2-4-10(5-9)13-12-6-11(16)8-18-15(12)20-14(13)17/h2-6,8,19H,7H2,1H3,(H,18,20). The van der Waals surface area contributed by atoms with E-state index < -0.39 is 10.0 Å². The molecule has 0 bridgehead atoms. The summed E-state index contributed by atoms with van der Waals surface area (Å²) in [4.78, 5) is 7.53. The number of nitrogens with zero attached hydrogens (tertiary/aromatic N) is 1. The van der Waals surface area contributed by atoms with Crippen LogP contribution in [-0.4, -0.2) is 24.6 Å². The van der Waals surface area contributed by atoms with Crippen molar-refractivity contribution in [3.63, 3.8) is 0 Å². The van der Waals surface area contributed by atoms with Gasteiger partial charge in [-0.2, -0.15) is 0 Å². The number of fused-ring (bicyclic) bond motifs is 1. The molecule has 3 aromatic rings. The summed E-state index contributed by atoms with van der Waals surface area (Å²) in [5.74, 6) is 0. The molecule has 2 heterocycles. The van der Waals surface area contributed by atoms with E-state index in [1.165, 1.54) is 0 Å². The maximum Gasteiger partial charge on any atom is 0.209 e. The molecular weight excluding hydrogens is 449 g/mol. The number of halogens is 2. The average Bonchev–Trinajstić information content (AvgIpc) is 2.80. The van der Waals surface area contributed by atoms with Gasteiger partial charge in [0.2, 0.25) is 10.0 Å². The Balaban J connectivity index is 2.05. The molecule has 0 aliphatic carbocycles. The molecule has 0 unspecified atom stereocenters. The lowest BCUT2D eigenvalue weighted by Gasteiger charge is -2.06. The maximum atomic E-state index is 11.2. The summed E-state index contributed by atoms with van der Waals surface area (Å²) < 4.78 is 25.9. The third kappa shape index (κ3) is 3.85. The predicted octanol–water partition coefficient (Wildman–Crippen LogP) is 3.54. The number of sulfonamides is 1. The van der Waals surface area contributed by atoms with Crippen molar-refractivity contribution in [2.24, 2.45) is 0 Å². The van der Waals surface area contributed by atoms with Gasteiger partial charge in [0.1, 0.15) is 5.65 Å². The minimum absolute atomic E-state index is 0.255. The van der Waals surface area contributed by atoms with Crippen molar-refractivity contribution < 1.29 is 8.42 Å². The SMILES string of the molecule is CS(=O)(=O)NCc1cccc(-c2c(I)[nH]c3ncc(Cl)cc23)c1. The summed E-state index contributed by atoms with van der Waals surface area (Å²) in [6.45, 7) is 0.255. The molecule has 1 aromatic carbocycles. The van der Waals surface area contributed by atoms with E-state index in [-0.39, 0.29) is 6.54 Å². The molecule has 0 aliphatic heterocycles. The molecular formula is C15H13ClIN3O2S. The molecule has 3 rings (SSSR count). The van der Waals surface area contributed by atoms with Crippen molar-refractivity contribution >= 4 is 55.2 Å².